The summed E-state index contributed by atoms with van der Waals surface area (Å²) in [7, 11) is 0. The molecule has 0 unspecified atom stereocenters. The third-order valence-corrected chi connectivity index (χ3v) is 3.05. The smallest absolute Gasteiger partial charge is 0.312 e. The Bertz CT molecular complexity index is 519. The molecule has 1 saturated carbocycles. The highest BCUT2D eigenvalue weighted by Gasteiger charge is 2.22. The fourth-order valence-electron chi connectivity index (χ4n) is 1.69. The van der Waals surface area contributed by atoms with Gasteiger partial charge in [-0.1, -0.05) is 11.6 Å². The quantitative estimate of drug-likeness (QED) is 0.456. The third kappa shape index (κ3) is 4.34. The number of nitrogens with zero attached hydrogens (tertiary/aromatic N) is 2. The summed E-state index contributed by atoms with van der Waals surface area (Å²) in [5.74, 6) is 0.190. The molecule has 1 heterocycles. The Balaban J connectivity index is 1.78. The van der Waals surface area contributed by atoms with E-state index in [0.29, 0.717) is 25.4 Å². The van der Waals surface area contributed by atoms with E-state index >= 15 is 0 Å². The minimum Gasteiger partial charge on any atom is -0.364 e. The van der Waals surface area contributed by atoms with E-state index in [4.69, 9.17) is 11.6 Å². The van der Waals surface area contributed by atoms with E-state index in [1.807, 2.05) is 0 Å². The standard InChI is InChI=1S/C12H15ClN4O3/c13-8-6-10(17(19)20)12(15-7-8)14-5-1-2-11(18)16-9-3-4-9/h6-7,9H,1-5H2,(H,14,15)(H,16,18). The lowest BCUT2D eigenvalue weighted by Gasteiger charge is -2.06. The molecular weight excluding hydrogens is 284 g/mol. The van der Waals surface area contributed by atoms with Crippen molar-refractivity contribution in [1.82, 2.24) is 10.3 Å². The molecule has 0 aliphatic heterocycles. The number of pyridine rings is 1. The van der Waals surface area contributed by atoms with Gasteiger partial charge in [0.2, 0.25) is 11.7 Å². The number of rotatable bonds is 7. The van der Waals surface area contributed by atoms with Gasteiger partial charge in [0.1, 0.15) is 0 Å². The Morgan fingerprint density at radius 1 is 1.55 bits per heavy atom. The second kappa shape index (κ2) is 6.51. The van der Waals surface area contributed by atoms with Gasteiger partial charge in [-0.05, 0) is 19.3 Å². The van der Waals surface area contributed by atoms with Crippen LogP contribution in [0.5, 0.6) is 0 Å². The monoisotopic (exact) mass is 298 g/mol. The molecule has 0 spiro atoms. The Labute approximate surface area is 120 Å². The van der Waals surface area contributed by atoms with E-state index in [2.05, 4.69) is 15.6 Å². The predicted molar refractivity (Wildman–Crippen MR) is 74.8 cm³/mol. The first kappa shape index (κ1) is 14.5. The van der Waals surface area contributed by atoms with Crippen molar-refractivity contribution in [3.63, 3.8) is 0 Å². The van der Waals surface area contributed by atoms with E-state index in [9.17, 15) is 14.9 Å². The van der Waals surface area contributed by atoms with Gasteiger partial charge in [0.05, 0.1) is 9.95 Å². The van der Waals surface area contributed by atoms with Crippen LogP contribution in [-0.2, 0) is 4.79 Å². The van der Waals surface area contributed by atoms with Crippen molar-refractivity contribution in [2.24, 2.45) is 0 Å². The van der Waals surface area contributed by atoms with Gasteiger partial charge in [0, 0.05) is 31.3 Å². The van der Waals surface area contributed by atoms with Crippen LogP contribution in [0.15, 0.2) is 12.3 Å². The molecule has 1 aromatic heterocycles. The van der Waals surface area contributed by atoms with E-state index in [0.717, 1.165) is 12.8 Å². The molecule has 8 heteroatoms. The normalized spacial score (nSPS) is 13.8. The van der Waals surface area contributed by atoms with Crippen molar-refractivity contribution in [1.29, 1.82) is 0 Å². The SMILES string of the molecule is O=C(CCCNc1ncc(Cl)cc1[N+](=O)[O-])NC1CC1. The highest BCUT2D eigenvalue weighted by Crippen LogP contribution is 2.24. The van der Waals surface area contributed by atoms with Crippen molar-refractivity contribution < 1.29 is 9.72 Å². The van der Waals surface area contributed by atoms with Crippen LogP contribution in [0, 0.1) is 10.1 Å². The topological polar surface area (TPSA) is 97.2 Å². The summed E-state index contributed by atoms with van der Waals surface area (Å²) in [5, 5.41) is 16.8. The molecule has 7 nitrogen and oxygen atoms in total. The summed E-state index contributed by atoms with van der Waals surface area (Å²) in [6.07, 6.45) is 4.44. The second-order valence-electron chi connectivity index (χ2n) is 4.65. The van der Waals surface area contributed by atoms with Crippen LogP contribution in [0.2, 0.25) is 5.02 Å². The first-order valence-electron chi connectivity index (χ1n) is 6.39. The lowest BCUT2D eigenvalue weighted by atomic mass is 10.3. The third-order valence-electron chi connectivity index (χ3n) is 2.85. The number of aromatic nitrogens is 1. The molecule has 1 aliphatic carbocycles. The number of hydrogen-bond donors (Lipinski definition) is 2. The fraction of sp³-hybridized carbons (Fsp3) is 0.500. The van der Waals surface area contributed by atoms with Crippen LogP contribution >= 0.6 is 11.6 Å². The van der Waals surface area contributed by atoms with Gasteiger partial charge in [-0.15, -0.1) is 0 Å². The van der Waals surface area contributed by atoms with Crippen LogP contribution in [-0.4, -0.2) is 28.4 Å². The van der Waals surface area contributed by atoms with E-state index in [1.54, 1.807) is 0 Å². The maximum Gasteiger partial charge on any atom is 0.312 e. The Hall–Kier alpha value is -1.89. The lowest BCUT2D eigenvalue weighted by Crippen LogP contribution is -2.25. The van der Waals surface area contributed by atoms with Crippen molar-refractivity contribution in [2.75, 3.05) is 11.9 Å². The predicted octanol–water partition coefficient (Wildman–Crippen LogP) is 2.11. The highest BCUT2D eigenvalue weighted by atomic mass is 35.5. The van der Waals surface area contributed by atoms with Gasteiger partial charge < -0.3 is 10.6 Å². The van der Waals surface area contributed by atoms with Gasteiger partial charge >= 0.3 is 5.69 Å². The van der Waals surface area contributed by atoms with Crippen LogP contribution < -0.4 is 10.6 Å². The zero-order valence-corrected chi connectivity index (χ0v) is 11.5. The molecule has 2 N–H and O–H groups in total. The molecule has 20 heavy (non-hydrogen) atoms. The molecule has 0 bridgehead atoms. The molecule has 1 aromatic rings. The summed E-state index contributed by atoms with van der Waals surface area (Å²) in [6, 6.07) is 1.60. The molecule has 0 saturated heterocycles. The van der Waals surface area contributed by atoms with Crippen LogP contribution in [0.3, 0.4) is 0 Å². The molecule has 0 atom stereocenters. The van der Waals surface area contributed by atoms with Gasteiger partial charge in [-0.25, -0.2) is 4.98 Å². The minimum atomic E-state index is -0.541. The summed E-state index contributed by atoms with van der Waals surface area (Å²) in [5.41, 5.74) is -0.167. The molecular formula is C12H15ClN4O3. The molecule has 1 amide bonds. The lowest BCUT2D eigenvalue weighted by molar-refractivity contribution is -0.384. The molecule has 0 radical (unpaired) electrons. The molecule has 1 aliphatic rings. The minimum absolute atomic E-state index is 0.0212. The summed E-state index contributed by atoms with van der Waals surface area (Å²) < 4.78 is 0. The van der Waals surface area contributed by atoms with Crippen LogP contribution in [0.25, 0.3) is 0 Å². The van der Waals surface area contributed by atoms with Crippen LogP contribution in [0.4, 0.5) is 11.5 Å². The average molecular weight is 299 g/mol. The maximum atomic E-state index is 11.4. The Morgan fingerprint density at radius 3 is 2.95 bits per heavy atom. The number of anilines is 1. The van der Waals surface area contributed by atoms with Gasteiger partial charge in [-0.2, -0.15) is 0 Å². The van der Waals surface area contributed by atoms with Crippen LogP contribution in [0.1, 0.15) is 25.7 Å². The van der Waals surface area contributed by atoms with Gasteiger partial charge in [0.15, 0.2) is 0 Å². The van der Waals surface area contributed by atoms with E-state index in [-0.39, 0.29) is 22.4 Å². The van der Waals surface area contributed by atoms with Crippen molar-refractivity contribution in [2.45, 2.75) is 31.7 Å². The summed E-state index contributed by atoms with van der Waals surface area (Å²) in [6.45, 7) is 0.438. The second-order valence-corrected chi connectivity index (χ2v) is 5.09. The van der Waals surface area contributed by atoms with Gasteiger partial charge in [0.25, 0.3) is 0 Å². The fourth-order valence-corrected chi connectivity index (χ4v) is 1.84. The zero-order chi connectivity index (χ0) is 14.5. The van der Waals surface area contributed by atoms with E-state index < -0.39 is 4.92 Å². The van der Waals surface area contributed by atoms with Crippen molar-refractivity contribution >= 4 is 29.0 Å². The molecule has 0 aromatic carbocycles. The Kier molecular flexibility index (Phi) is 4.73. The van der Waals surface area contributed by atoms with E-state index in [1.165, 1.54) is 12.3 Å². The number of nitro groups is 1. The number of nitrogens with one attached hydrogen (secondary N) is 2. The first-order valence-corrected chi connectivity index (χ1v) is 6.77. The number of carbonyl (C=O) groups excluding carboxylic acids is 1. The number of amides is 1. The molecule has 108 valence electrons. The molecule has 1 fully saturated rings. The average Bonchev–Trinajstić information content (AvgIpc) is 3.19. The number of halogens is 1. The molecule has 2 rings (SSSR count). The Morgan fingerprint density at radius 2 is 2.30 bits per heavy atom. The highest BCUT2D eigenvalue weighted by molar-refractivity contribution is 6.30. The van der Waals surface area contributed by atoms with Crippen molar-refractivity contribution in [3.05, 3.63) is 27.4 Å². The summed E-state index contributed by atoms with van der Waals surface area (Å²) >= 11 is 5.67. The maximum absolute atomic E-state index is 11.4. The summed E-state index contributed by atoms with van der Waals surface area (Å²) in [4.78, 5) is 25.6. The first-order chi connectivity index (χ1) is 9.56. The van der Waals surface area contributed by atoms with Gasteiger partial charge in [-0.3, -0.25) is 14.9 Å². The number of hydrogen-bond acceptors (Lipinski definition) is 5. The largest absolute Gasteiger partial charge is 0.364 e. The van der Waals surface area contributed by atoms with Crippen molar-refractivity contribution in [3.8, 4) is 0 Å². The zero-order valence-electron chi connectivity index (χ0n) is 10.8. The number of carbonyl (C=O) groups is 1.